The van der Waals surface area contributed by atoms with Gasteiger partial charge in [0, 0.05) is 33.9 Å². The summed E-state index contributed by atoms with van der Waals surface area (Å²) in [5, 5.41) is 6.96. The Labute approximate surface area is 206 Å². The van der Waals surface area contributed by atoms with Crippen LogP contribution >= 0.6 is 23.2 Å². The van der Waals surface area contributed by atoms with E-state index in [-0.39, 0.29) is 26.0 Å². The fourth-order valence-electron chi connectivity index (χ4n) is 3.78. The van der Waals surface area contributed by atoms with Gasteiger partial charge in [-0.05, 0) is 30.3 Å². The molecule has 2 heterocycles. The van der Waals surface area contributed by atoms with E-state index in [9.17, 15) is 12.8 Å². The number of imidazole rings is 1. The Balaban J connectivity index is 1.60. The number of nitrogens with one attached hydrogen (secondary N) is 2. The fourth-order valence-corrected chi connectivity index (χ4v) is 5.94. The number of nitrogens with zero attached hydrogens (tertiary/aromatic N) is 2. The maximum atomic E-state index is 15.5. The molecule has 5 rings (SSSR count). The predicted molar refractivity (Wildman–Crippen MR) is 126 cm³/mol. The molecular formula is C23H13Cl2F3N4O2S. The standard InChI is InChI=1S/C23H13Cl2F3N4O2S/c24-12-2-5-15(25)17(9-12)35(33,34)10-11-1-6-16(26)18(19(11)27)13-3-4-14-21(20(13)28)31-32-22(14)23-29-7-8-30-23/h1-9H,10H2,(H,29,30)(H,31,32). The van der Waals surface area contributed by atoms with Gasteiger partial charge in [-0.15, -0.1) is 0 Å². The Hall–Kier alpha value is -3.34. The van der Waals surface area contributed by atoms with Crippen molar-refractivity contribution < 1.29 is 21.6 Å². The summed E-state index contributed by atoms with van der Waals surface area (Å²) in [7, 11) is -4.17. The Kier molecular flexibility index (Phi) is 5.82. The molecule has 0 saturated carbocycles. The SMILES string of the molecule is O=S(=O)(Cc1ccc(F)c(-c2ccc3c(-c4ncc[nH]4)[nH]nc3c2F)c1F)c1cc(Cl)ccc1Cl. The number of hydrogen-bond donors (Lipinski definition) is 2. The molecule has 0 bridgehead atoms. The van der Waals surface area contributed by atoms with Crippen molar-refractivity contribution in [2.24, 2.45) is 0 Å². The third-order valence-corrected chi connectivity index (χ3v) is 7.79. The molecule has 2 N–H and O–H groups in total. The van der Waals surface area contributed by atoms with Gasteiger partial charge in [-0.25, -0.2) is 26.6 Å². The first-order chi connectivity index (χ1) is 16.7. The molecular weight excluding hydrogens is 524 g/mol. The van der Waals surface area contributed by atoms with Crippen LogP contribution in [0.5, 0.6) is 0 Å². The van der Waals surface area contributed by atoms with Crippen LogP contribution in [0.25, 0.3) is 33.5 Å². The highest BCUT2D eigenvalue weighted by Crippen LogP contribution is 2.36. The van der Waals surface area contributed by atoms with Gasteiger partial charge in [-0.1, -0.05) is 35.3 Å². The summed E-state index contributed by atoms with van der Waals surface area (Å²) in [6.45, 7) is 0. The summed E-state index contributed by atoms with van der Waals surface area (Å²) in [6, 6.07) is 8.37. The van der Waals surface area contributed by atoms with Crippen molar-refractivity contribution in [3.05, 3.63) is 87.9 Å². The summed E-state index contributed by atoms with van der Waals surface area (Å²) in [5.74, 6) is -3.70. The highest BCUT2D eigenvalue weighted by atomic mass is 35.5. The molecule has 0 radical (unpaired) electrons. The lowest BCUT2D eigenvalue weighted by Gasteiger charge is -2.12. The van der Waals surface area contributed by atoms with Gasteiger partial charge in [0.05, 0.1) is 21.2 Å². The lowest BCUT2D eigenvalue weighted by molar-refractivity contribution is 0.570. The largest absolute Gasteiger partial charge is 0.343 e. The number of fused-ring (bicyclic) bond motifs is 1. The summed E-state index contributed by atoms with van der Waals surface area (Å²) in [6.07, 6.45) is 3.08. The molecule has 0 aliphatic rings. The normalized spacial score (nSPS) is 11.9. The smallest absolute Gasteiger partial charge is 0.184 e. The second-order valence-corrected chi connectivity index (χ2v) is 10.4. The second-order valence-electron chi connectivity index (χ2n) is 7.59. The molecule has 0 aliphatic carbocycles. The van der Waals surface area contributed by atoms with Gasteiger partial charge >= 0.3 is 0 Å². The number of aromatic amines is 2. The van der Waals surface area contributed by atoms with Gasteiger partial charge in [-0.2, -0.15) is 5.10 Å². The van der Waals surface area contributed by atoms with E-state index in [0.717, 1.165) is 18.2 Å². The molecule has 0 saturated heterocycles. The van der Waals surface area contributed by atoms with Gasteiger partial charge in [0.15, 0.2) is 21.5 Å². The van der Waals surface area contributed by atoms with E-state index in [1.54, 1.807) is 6.20 Å². The highest BCUT2D eigenvalue weighted by molar-refractivity contribution is 7.90. The summed E-state index contributed by atoms with van der Waals surface area (Å²) >= 11 is 11.9. The predicted octanol–water partition coefficient (Wildman–Crippen LogP) is 6.32. The maximum absolute atomic E-state index is 15.5. The lowest BCUT2D eigenvalue weighted by atomic mass is 9.99. The molecule has 0 unspecified atom stereocenters. The van der Waals surface area contributed by atoms with Crippen LogP contribution in [0, 0.1) is 17.5 Å². The monoisotopic (exact) mass is 536 g/mol. The van der Waals surface area contributed by atoms with Gasteiger partial charge in [0.2, 0.25) is 0 Å². The number of rotatable bonds is 5. The molecule has 0 atom stereocenters. The zero-order valence-corrected chi connectivity index (χ0v) is 19.7. The minimum absolute atomic E-state index is 0.0977. The van der Waals surface area contributed by atoms with Crippen LogP contribution in [0.15, 0.2) is 59.8 Å². The van der Waals surface area contributed by atoms with Crippen LogP contribution in [0.4, 0.5) is 13.2 Å². The number of sulfone groups is 1. The van der Waals surface area contributed by atoms with E-state index in [2.05, 4.69) is 20.2 Å². The fraction of sp³-hybridized carbons (Fsp3) is 0.0435. The zero-order chi connectivity index (χ0) is 24.9. The first kappa shape index (κ1) is 23.4. The summed E-state index contributed by atoms with van der Waals surface area (Å²) < 4.78 is 71.5. The van der Waals surface area contributed by atoms with Crippen molar-refractivity contribution in [3.8, 4) is 22.6 Å². The minimum Gasteiger partial charge on any atom is -0.343 e. The minimum atomic E-state index is -4.17. The number of halogens is 5. The summed E-state index contributed by atoms with van der Waals surface area (Å²) in [4.78, 5) is 6.65. The first-order valence-corrected chi connectivity index (χ1v) is 12.4. The van der Waals surface area contributed by atoms with Gasteiger partial charge in [0.1, 0.15) is 22.8 Å². The molecule has 5 aromatic rings. The molecule has 2 aromatic heterocycles. The van der Waals surface area contributed by atoms with Crippen molar-refractivity contribution in [1.29, 1.82) is 0 Å². The molecule has 3 aromatic carbocycles. The van der Waals surface area contributed by atoms with Crippen molar-refractivity contribution in [2.45, 2.75) is 10.6 Å². The number of H-pyrrole nitrogens is 2. The lowest BCUT2D eigenvalue weighted by Crippen LogP contribution is -2.09. The molecule has 0 fully saturated rings. The Bertz CT molecular complexity index is 1700. The highest BCUT2D eigenvalue weighted by Gasteiger charge is 2.26. The quantitative estimate of drug-likeness (QED) is 0.275. The van der Waals surface area contributed by atoms with Crippen molar-refractivity contribution in [2.75, 3.05) is 0 Å². The first-order valence-electron chi connectivity index (χ1n) is 9.99. The second kappa shape index (κ2) is 8.71. The average molecular weight is 537 g/mol. The van der Waals surface area contributed by atoms with E-state index in [1.807, 2.05) is 0 Å². The maximum Gasteiger partial charge on any atom is 0.184 e. The van der Waals surface area contributed by atoms with Gasteiger partial charge in [-0.3, -0.25) is 5.10 Å². The van der Waals surface area contributed by atoms with E-state index in [4.69, 9.17) is 23.2 Å². The van der Waals surface area contributed by atoms with E-state index < -0.39 is 44.2 Å². The van der Waals surface area contributed by atoms with Crippen LogP contribution < -0.4 is 0 Å². The number of hydrogen-bond acceptors (Lipinski definition) is 4. The van der Waals surface area contributed by atoms with Crippen molar-refractivity contribution >= 4 is 43.9 Å². The third-order valence-electron chi connectivity index (χ3n) is 5.41. The van der Waals surface area contributed by atoms with Crippen molar-refractivity contribution in [1.82, 2.24) is 20.2 Å². The zero-order valence-electron chi connectivity index (χ0n) is 17.4. The number of benzene rings is 3. The Morgan fingerprint density at radius 3 is 2.51 bits per heavy atom. The van der Waals surface area contributed by atoms with Crippen LogP contribution in [0.2, 0.25) is 10.0 Å². The molecule has 178 valence electrons. The van der Waals surface area contributed by atoms with Gasteiger partial charge in [0.25, 0.3) is 0 Å². The summed E-state index contributed by atoms with van der Waals surface area (Å²) in [5.41, 5.74) is -1.25. The molecule has 35 heavy (non-hydrogen) atoms. The molecule has 0 aliphatic heterocycles. The van der Waals surface area contributed by atoms with Crippen LogP contribution in [-0.4, -0.2) is 28.6 Å². The van der Waals surface area contributed by atoms with E-state index in [1.165, 1.54) is 30.5 Å². The topological polar surface area (TPSA) is 91.5 Å². The molecule has 6 nitrogen and oxygen atoms in total. The van der Waals surface area contributed by atoms with Gasteiger partial charge < -0.3 is 4.98 Å². The Morgan fingerprint density at radius 1 is 0.971 bits per heavy atom. The average Bonchev–Trinajstić information content (AvgIpc) is 3.49. The Morgan fingerprint density at radius 2 is 1.77 bits per heavy atom. The van der Waals surface area contributed by atoms with Crippen LogP contribution in [0.1, 0.15) is 5.56 Å². The van der Waals surface area contributed by atoms with E-state index >= 15 is 8.78 Å². The van der Waals surface area contributed by atoms with Crippen LogP contribution in [-0.2, 0) is 15.6 Å². The molecule has 12 heteroatoms. The molecule has 0 amide bonds. The van der Waals surface area contributed by atoms with Crippen molar-refractivity contribution in [3.63, 3.8) is 0 Å². The molecule has 0 spiro atoms. The van der Waals surface area contributed by atoms with E-state index in [0.29, 0.717) is 16.9 Å². The van der Waals surface area contributed by atoms with Crippen LogP contribution in [0.3, 0.4) is 0 Å². The number of aromatic nitrogens is 4. The third kappa shape index (κ3) is 4.07.